The first kappa shape index (κ1) is 18.7. The maximum atomic E-state index is 12.8. The van der Waals surface area contributed by atoms with Crippen molar-refractivity contribution in [1.29, 1.82) is 0 Å². The van der Waals surface area contributed by atoms with Crippen LogP contribution in [0.4, 0.5) is 5.69 Å². The molecule has 4 heteroatoms. The number of hydrogen-bond acceptors (Lipinski definition) is 2. The van der Waals surface area contributed by atoms with Gasteiger partial charge in [0, 0.05) is 29.9 Å². The van der Waals surface area contributed by atoms with Crippen molar-refractivity contribution in [3.63, 3.8) is 0 Å². The van der Waals surface area contributed by atoms with E-state index < -0.39 is 0 Å². The maximum Gasteiger partial charge on any atom is 0.255 e. The van der Waals surface area contributed by atoms with Crippen LogP contribution in [0.25, 0.3) is 0 Å². The van der Waals surface area contributed by atoms with E-state index in [1.807, 2.05) is 42.2 Å². The van der Waals surface area contributed by atoms with Crippen LogP contribution in [-0.4, -0.2) is 29.8 Å². The number of hydrogen-bond donors (Lipinski definition) is 1. The second kappa shape index (κ2) is 9.02. The Kier molecular flexibility index (Phi) is 6.75. The topological polar surface area (TPSA) is 49.4 Å². The zero-order chi connectivity index (χ0) is 18.2. The molecule has 0 heterocycles. The number of carbonyl (C=O) groups excluding carboxylic acids is 2. The predicted molar refractivity (Wildman–Crippen MR) is 102 cm³/mol. The number of anilines is 1. The van der Waals surface area contributed by atoms with Crippen LogP contribution in [0.5, 0.6) is 0 Å². The summed E-state index contributed by atoms with van der Waals surface area (Å²) in [7, 11) is 0. The highest BCUT2D eigenvalue weighted by molar-refractivity contribution is 6.05. The molecular weight excluding hydrogens is 312 g/mol. The standard InChI is InChI=1S/C21H26N2O2/c1-4-13-23(14-5-2)21(25)18-12-11-16(3)19(15-18)22-20(24)17-9-7-6-8-10-17/h6-12,15H,4-5,13-14H2,1-3H3,(H,22,24). The van der Waals surface area contributed by atoms with Crippen molar-refractivity contribution in [3.05, 3.63) is 65.2 Å². The molecule has 2 aromatic carbocycles. The lowest BCUT2D eigenvalue weighted by molar-refractivity contribution is 0.0755. The van der Waals surface area contributed by atoms with Crippen LogP contribution in [0.1, 0.15) is 53.0 Å². The lowest BCUT2D eigenvalue weighted by Gasteiger charge is -2.22. The molecule has 0 aromatic heterocycles. The molecule has 2 rings (SSSR count). The molecule has 0 unspecified atom stereocenters. The highest BCUT2D eigenvalue weighted by Gasteiger charge is 2.16. The average molecular weight is 338 g/mol. The quantitative estimate of drug-likeness (QED) is 0.807. The Labute approximate surface area is 149 Å². The first-order chi connectivity index (χ1) is 12.1. The van der Waals surface area contributed by atoms with Gasteiger partial charge in [0.15, 0.2) is 0 Å². The van der Waals surface area contributed by atoms with Crippen LogP contribution < -0.4 is 5.32 Å². The van der Waals surface area contributed by atoms with Gasteiger partial charge in [-0.2, -0.15) is 0 Å². The summed E-state index contributed by atoms with van der Waals surface area (Å²) in [6.07, 6.45) is 1.85. The Hall–Kier alpha value is -2.62. The van der Waals surface area contributed by atoms with Crippen molar-refractivity contribution in [3.8, 4) is 0 Å². The van der Waals surface area contributed by atoms with E-state index in [9.17, 15) is 9.59 Å². The highest BCUT2D eigenvalue weighted by atomic mass is 16.2. The smallest absolute Gasteiger partial charge is 0.255 e. The first-order valence-corrected chi connectivity index (χ1v) is 8.83. The minimum Gasteiger partial charge on any atom is -0.339 e. The van der Waals surface area contributed by atoms with E-state index in [2.05, 4.69) is 19.2 Å². The van der Waals surface area contributed by atoms with Gasteiger partial charge in [0.1, 0.15) is 0 Å². The second-order valence-electron chi connectivity index (χ2n) is 6.14. The van der Waals surface area contributed by atoms with Gasteiger partial charge in [-0.1, -0.05) is 38.1 Å². The lowest BCUT2D eigenvalue weighted by Crippen LogP contribution is -2.32. The van der Waals surface area contributed by atoms with Gasteiger partial charge in [0.2, 0.25) is 0 Å². The fraction of sp³-hybridized carbons (Fsp3) is 0.333. The van der Waals surface area contributed by atoms with Crippen LogP contribution in [0.2, 0.25) is 0 Å². The summed E-state index contributed by atoms with van der Waals surface area (Å²) >= 11 is 0. The normalized spacial score (nSPS) is 10.4. The molecule has 0 aliphatic carbocycles. The van der Waals surface area contributed by atoms with Crippen molar-refractivity contribution in [1.82, 2.24) is 4.90 Å². The molecule has 0 saturated carbocycles. The summed E-state index contributed by atoms with van der Waals surface area (Å²) in [5.74, 6) is -0.161. The van der Waals surface area contributed by atoms with Gasteiger partial charge >= 0.3 is 0 Å². The largest absolute Gasteiger partial charge is 0.339 e. The van der Waals surface area contributed by atoms with E-state index in [0.717, 1.165) is 31.5 Å². The highest BCUT2D eigenvalue weighted by Crippen LogP contribution is 2.19. The summed E-state index contributed by atoms with van der Waals surface area (Å²) in [5, 5.41) is 2.92. The molecule has 0 bridgehead atoms. The Morgan fingerprint density at radius 1 is 0.920 bits per heavy atom. The maximum absolute atomic E-state index is 12.8. The van der Waals surface area contributed by atoms with Crippen molar-refractivity contribution >= 4 is 17.5 Å². The van der Waals surface area contributed by atoms with Crippen LogP contribution in [-0.2, 0) is 0 Å². The summed E-state index contributed by atoms with van der Waals surface area (Å²) < 4.78 is 0. The predicted octanol–water partition coefficient (Wildman–Crippen LogP) is 4.51. The minimum absolute atomic E-state index is 0.0129. The number of aryl methyl sites for hydroxylation is 1. The Morgan fingerprint density at radius 2 is 1.56 bits per heavy atom. The first-order valence-electron chi connectivity index (χ1n) is 8.83. The number of rotatable bonds is 7. The molecule has 4 nitrogen and oxygen atoms in total. The summed E-state index contributed by atoms with van der Waals surface area (Å²) in [6, 6.07) is 14.5. The summed E-state index contributed by atoms with van der Waals surface area (Å²) in [4.78, 5) is 27.0. The van der Waals surface area contributed by atoms with Gasteiger partial charge in [0.25, 0.3) is 11.8 Å². The van der Waals surface area contributed by atoms with Gasteiger partial charge in [-0.05, 0) is 49.6 Å². The number of benzene rings is 2. The summed E-state index contributed by atoms with van der Waals surface area (Å²) in [5.41, 5.74) is 2.80. The van der Waals surface area contributed by atoms with E-state index in [-0.39, 0.29) is 11.8 Å². The van der Waals surface area contributed by atoms with Crippen molar-refractivity contribution in [2.24, 2.45) is 0 Å². The molecule has 0 radical (unpaired) electrons. The van der Waals surface area contributed by atoms with Gasteiger partial charge in [-0.15, -0.1) is 0 Å². The molecule has 0 aliphatic heterocycles. The average Bonchev–Trinajstić information content (AvgIpc) is 2.63. The number of amides is 2. The van der Waals surface area contributed by atoms with E-state index >= 15 is 0 Å². The zero-order valence-corrected chi connectivity index (χ0v) is 15.2. The van der Waals surface area contributed by atoms with E-state index in [1.54, 1.807) is 18.2 Å². The van der Waals surface area contributed by atoms with E-state index in [1.165, 1.54) is 0 Å². The molecule has 1 N–H and O–H groups in total. The fourth-order valence-electron chi connectivity index (χ4n) is 2.71. The van der Waals surface area contributed by atoms with Crippen LogP contribution in [0.3, 0.4) is 0 Å². The minimum atomic E-state index is -0.174. The molecule has 2 aromatic rings. The molecular formula is C21H26N2O2. The van der Waals surface area contributed by atoms with Crippen LogP contribution in [0, 0.1) is 6.92 Å². The zero-order valence-electron chi connectivity index (χ0n) is 15.2. The Balaban J connectivity index is 2.22. The number of nitrogens with zero attached hydrogens (tertiary/aromatic N) is 1. The molecule has 132 valence electrons. The molecule has 2 amide bonds. The van der Waals surface area contributed by atoms with E-state index in [0.29, 0.717) is 16.8 Å². The summed E-state index contributed by atoms with van der Waals surface area (Å²) in [6.45, 7) is 7.54. The van der Waals surface area contributed by atoms with Gasteiger partial charge in [-0.3, -0.25) is 9.59 Å². The van der Waals surface area contributed by atoms with Gasteiger partial charge in [0.05, 0.1) is 0 Å². The molecule has 0 atom stereocenters. The number of carbonyl (C=O) groups is 2. The number of nitrogens with one attached hydrogen (secondary N) is 1. The monoisotopic (exact) mass is 338 g/mol. The molecule has 25 heavy (non-hydrogen) atoms. The van der Waals surface area contributed by atoms with E-state index in [4.69, 9.17) is 0 Å². The third kappa shape index (κ3) is 4.92. The van der Waals surface area contributed by atoms with Crippen LogP contribution in [0.15, 0.2) is 48.5 Å². The Bertz CT molecular complexity index is 720. The van der Waals surface area contributed by atoms with Crippen molar-refractivity contribution in [2.75, 3.05) is 18.4 Å². The fourth-order valence-corrected chi connectivity index (χ4v) is 2.71. The van der Waals surface area contributed by atoms with Gasteiger partial charge < -0.3 is 10.2 Å². The Morgan fingerprint density at radius 3 is 2.16 bits per heavy atom. The van der Waals surface area contributed by atoms with Gasteiger partial charge in [-0.25, -0.2) is 0 Å². The molecule has 0 aliphatic rings. The molecule has 0 fully saturated rings. The third-order valence-corrected chi connectivity index (χ3v) is 4.04. The van der Waals surface area contributed by atoms with Crippen LogP contribution >= 0.6 is 0 Å². The third-order valence-electron chi connectivity index (χ3n) is 4.04. The molecule has 0 saturated heterocycles. The van der Waals surface area contributed by atoms with Crippen molar-refractivity contribution < 1.29 is 9.59 Å². The van der Waals surface area contributed by atoms with Crippen molar-refractivity contribution in [2.45, 2.75) is 33.6 Å². The second-order valence-corrected chi connectivity index (χ2v) is 6.14. The SMILES string of the molecule is CCCN(CCC)C(=O)c1ccc(C)c(NC(=O)c2ccccc2)c1. The lowest BCUT2D eigenvalue weighted by atomic mass is 10.1. The molecule has 0 spiro atoms.